The third-order valence-corrected chi connectivity index (χ3v) is 5.18. The van der Waals surface area contributed by atoms with Gasteiger partial charge in [0, 0.05) is 44.0 Å². The molecule has 1 aliphatic rings. The summed E-state index contributed by atoms with van der Waals surface area (Å²) < 4.78 is 0. The van der Waals surface area contributed by atoms with Gasteiger partial charge in [-0.1, -0.05) is 36.4 Å². The molecule has 4 rings (SSSR count). The molecule has 0 amide bonds. The predicted octanol–water partition coefficient (Wildman–Crippen LogP) is 2.81. The van der Waals surface area contributed by atoms with Gasteiger partial charge < -0.3 is 15.5 Å². The molecule has 1 fully saturated rings. The van der Waals surface area contributed by atoms with Crippen LogP contribution in [0.25, 0.3) is 11.4 Å². The lowest BCUT2D eigenvalue weighted by Gasteiger charge is -2.35. The summed E-state index contributed by atoms with van der Waals surface area (Å²) >= 11 is 0. The van der Waals surface area contributed by atoms with E-state index in [4.69, 9.17) is 0 Å². The summed E-state index contributed by atoms with van der Waals surface area (Å²) in [5, 5.41) is 13.9. The molecule has 29 heavy (non-hydrogen) atoms. The summed E-state index contributed by atoms with van der Waals surface area (Å²) in [6, 6.07) is 19.2. The van der Waals surface area contributed by atoms with Gasteiger partial charge in [-0.05, 0) is 36.6 Å². The van der Waals surface area contributed by atoms with Crippen molar-refractivity contribution in [1.82, 2.24) is 25.8 Å². The number of guanidine groups is 1. The number of hydrogen-bond acceptors (Lipinski definition) is 4. The molecule has 0 aliphatic carbocycles. The van der Waals surface area contributed by atoms with Crippen molar-refractivity contribution in [3.05, 3.63) is 66.5 Å². The molecule has 1 atom stereocenters. The SMILES string of the molecule is CN=C(NCc1cccc(-c2ncn[nH]2)c1)NC1CCCN(c2ccccc2)C1. The Morgan fingerprint density at radius 1 is 1.21 bits per heavy atom. The zero-order chi connectivity index (χ0) is 19.9. The smallest absolute Gasteiger partial charge is 0.191 e. The maximum Gasteiger partial charge on any atom is 0.191 e. The number of H-pyrrole nitrogens is 1. The minimum atomic E-state index is 0.371. The van der Waals surface area contributed by atoms with Crippen molar-refractivity contribution in [2.24, 2.45) is 4.99 Å². The lowest BCUT2D eigenvalue weighted by atomic mass is 10.0. The molecule has 1 aliphatic heterocycles. The minimum absolute atomic E-state index is 0.371. The molecule has 2 aromatic carbocycles. The Morgan fingerprint density at radius 2 is 2.10 bits per heavy atom. The molecule has 0 bridgehead atoms. The van der Waals surface area contributed by atoms with E-state index in [1.807, 2.05) is 19.2 Å². The summed E-state index contributed by atoms with van der Waals surface area (Å²) in [6.45, 7) is 2.77. The Bertz CT molecular complexity index is 921. The van der Waals surface area contributed by atoms with E-state index < -0.39 is 0 Å². The molecular formula is C22H27N7. The van der Waals surface area contributed by atoms with E-state index in [1.165, 1.54) is 18.4 Å². The number of rotatable bonds is 5. The lowest BCUT2D eigenvalue weighted by molar-refractivity contribution is 0.468. The normalized spacial score (nSPS) is 17.2. The van der Waals surface area contributed by atoms with Crippen molar-refractivity contribution in [2.75, 3.05) is 25.0 Å². The van der Waals surface area contributed by atoms with E-state index in [2.05, 4.69) is 78.2 Å². The maximum absolute atomic E-state index is 4.41. The Labute approximate surface area is 171 Å². The van der Waals surface area contributed by atoms with Gasteiger partial charge in [0.2, 0.25) is 0 Å². The molecular weight excluding hydrogens is 362 g/mol. The minimum Gasteiger partial charge on any atom is -0.369 e. The molecule has 1 aromatic heterocycles. The van der Waals surface area contributed by atoms with Crippen molar-refractivity contribution in [3.8, 4) is 11.4 Å². The number of aromatic nitrogens is 3. The maximum atomic E-state index is 4.41. The monoisotopic (exact) mass is 389 g/mol. The molecule has 0 spiro atoms. The molecule has 1 unspecified atom stereocenters. The fourth-order valence-electron chi connectivity index (χ4n) is 3.72. The van der Waals surface area contributed by atoms with Crippen LogP contribution in [0.2, 0.25) is 0 Å². The standard InChI is InChI=1S/C22H27N7/c1-23-22(24-14-17-7-5-8-18(13-17)21-25-16-26-28-21)27-19-9-6-12-29(15-19)20-10-3-2-4-11-20/h2-5,7-8,10-11,13,16,19H,6,9,12,14-15H2,1H3,(H2,23,24,27)(H,25,26,28). The fraction of sp³-hybridized carbons (Fsp3) is 0.318. The zero-order valence-corrected chi connectivity index (χ0v) is 16.7. The topological polar surface area (TPSA) is 81.2 Å². The molecule has 0 radical (unpaired) electrons. The van der Waals surface area contributed by atoms with Gasteiger partial charge in [0.15, 0.2) is 11.8 Å². The van der Waals surface area contributed by atoms with Gasteiger partial charge in [-0.3, -0.25) is 10.1 Å². The second kappa shape index (κ2) is 9.23. The quantitative estimate of drug-likeness (QED) is 0.462. The van der Waals surface area contributed by atoms with Gasteiger partial charge in [-0.25, -0.2) is 4.98 Å². The highest BCUT2D eigenvalue weighted by molar-refractivity contribution is 5.80. The fourth-order valence-corrected chi connectivity index (χ4v) is 3.72. The molecule has 7 heteroatoms. The number of nitrogens with one attached hydrogen (secondary N) is 3. The molecule has 1 saturated heterocycles. The Morgan fingerprint density at radius 3 is 2.90 bits per heavy atom. The van der Waals surface area contributed by atoms with E-state index in [9.17, 15) is 0 Å². The van der Waals surface area contributed by atoms with Crippen molar-refractivity contribution in [2.45, 2.75) is 25.4 Å². The first-order valence-electron chi connectivity index (χ1n) is 10.0. The Balaban J connectivity index is 1.34. The van der Waals surface area contributed by atoms with Crippen molar-refractivity contribution >= 4 is 11.6 Å². The summed E-state index contributed by atoms with van der Waals surface area (Å²) in [4.78, 5) is 11.1. The van der Waals surface area contributed by atoms with Crippen molar-refractivity contribution < 1.29 is 0 Å². The zero-order valence-electron chi connectivity index (χ0n) is 16.7. The first-order valence-corrected chi connectivity index (χ1v) is 10.0. The van der Waals surface area contributed by atoms with Gasteiger partial charge in [-0.15, -0.1) is 0 Å². The molecule has 2 heterocycles. The highest BCUT2D eigenvalue weighted by Crippen LogP contribution is 2.19. The third-order valence-electron chi connectivity index (χ3n) is 5.18. The number of aromatic amines is 1. The van der Waals surface area contributed by atoms with Crippen LogP contribution < -0.4 is 15.5 Å². The van der Waals surface area contributed by atoms with Crippen LogP contribution in [0.5, 0.6) is 0 Å². The largest absolute Gasteiger partial charge is 0.369 e. The number of anilines is 1. The highest BCUT2D eigenvalue weighted by atomic mass is 15.2. The van der Waals surface area contributed by atoms with Crippen LogP contribution in [0.1, 0.15) is 18.4 Å². The molecule has 3 aromatic rings. The van der Waals surface area contributed by atoms with Crippen LogP contribution in [0.4, 0.5) is 5.69 Å². The van der Waals surface area contributed by atoms with Crippen molar-refractivity contribution in [1.29, 1.82) is 0 Å². The number of para-hydroxylation sites is 1. The van der Waals surface area contributed by atoms with Crippen LogP contribution in [0.15, 0.2) is 65.9 Å². The number of aliphatic imine (C=N–C) groups is 1. The van der Waals surface area contributed by atoms with E-state index >= 15 is 0 Å². The number of nitrogens with zero attached hydrogens (tertiary/aromatic N) is 4. The van der Waals surface area contributed by atoms with E-state index in [0.29, 0.717) is 12.6 Å². The van der Waals surface area contributed by atoms with E-state index in [1.54, 1.807) is 0 Å². The van der Waals surface area contributed by atoms with Gasteiger partial charge in [0.25, 0.3) is 0 Å². The number of benzene rings is 2. The van der Waals surface area contributed by atoms with Crippen LogP contribution in [-0.2, 0) is 6.54 Å². The third kappa shape index (κ3) is 4.93. The van der Waals surface area contributed by atoms with E-state index in [-0.39, 0.29) is 0 Å². The Hall–Kier alpha value is -3.35. The molecule has 150 valence electrons. The van der Waals surface area contributed by atoms with E-state index in [0.717, 1.165) is 42.4 Å². The summed E-state index contributed by atoms with van der Waals surface area (Å²) in [7, 11) is 1.82. The lowest BCUT2D eigenvalue weighted by Crippen LogP contribution is -2.51. The molecule has 3 N–H and O–H groups in total. The van der Waals surface area contributed by atoms with Crippen LogP contribution in [0, 0.1) is 0 Å². The second-order valence-corrected chi connectivity index (χ2v) is 7.23. The van der Waals surface area contributed by atoms with Gasteiger partial charge in [-0.2, -0.15) is 5.10 Å². The summed E-state index contributed by atoms with van der Waals surface area (Å²) in [6.07, 6.45) is 3.84. The average Bonchev–Trinajstić information content (AvgIpc) is 3.33. The first-order chi connectivity index (χ1) is 14.3. The highest BCUT2D eigenvalue weighted by Gasteiger charge is 2.20. The first kappa shape index (κ1) is 19.0. The second-order valence-electron chi connectivity index (χ2n) is 7.23. The predicted molar refractivity (Wildman–Crippen MR) is 117 cm³/mol. The molecule has 0 saturated carbocycles. The van der Waals surface area contributed by atoms with Crippen LogP contribution in [0.3, 0.4) is 0 Å². The molecule has 7 nitrogen and oxygen atoms in total. The summed E-state index contributed by atoms with van der Waals surface area (Å²) in [5.74, 6) is 1.60. The summed E-state index contributed by atoms with van der Waals surface area (Å²) in [5.41, 5.74) is 3.47. The Kier molecular flexibility index (Phi) is 6.04. The van der Waals surface area contributed by atoms with Crippen LogP contribution >= 0.6 is 0 Å². The van der Waals surface area contributed by atoms with Gasteiger partial charge >= 0.3 is 0 Å². The van der Waals surface area contributed by atoms with Crippen molar-refractivity contribution in [3.63, 3.8) is 0 Å². The average molecular weight is 390 g/mol. The number of hydrogen-bond donors (Lipinski definition) is 3. The van der Waals surface area contributed by atoms with Gasteiger partial charge in [0.05, 0.1) is 0 Å². The number of piperidine rings is 1. The van der Waals surface area contributed by atoms with Crippen LogP contribution in [-0.4, -0.2) is 47.3 Å². The van der Waals surface area contributed by atoms with Gasteiger partial charge in [0.1, 0.15) is 6.33 Å².